The van der Waals surface area contributed by atoms with E-state index in [1.54, 1.807) is 24.3 Å². The first-order chi connectivity index (χ1) is 12.2. The van der Waals surface area contributed by atoms with Gasteiger partial charge in [0.25, 0.3) is 0 Å². The molecule has 0 aliphatic rings. The minimum Gasteiger partial charge on any atom is -0.508 e. The number of aromatic nitrogens is 5. The molecule has 2 N–H and O–H groups in total. The van der Waals surface area contributed by atoms with Gasteiger partial charge < -0.3 is 9.84 Å². The fourth-order valence-electron chi connectivity index (χ4n) is 2.50. The molecule has 2 aromatic carbocycles. The second-order valence-electron chi connectivity index (χ2n) is 5.53. The second-order valence-corrected chi connectivity index (χ2v) is 5.53. The Labute approximate surface area is 143 Å². The number of hydrogen-bond acceptors (Lipinski definition) is 6. The smallest absolute Gasteiger partial charge is 0.225 e. The number of H-pyrrole nitrogens is 1. The molecule has 124 valence electrons. The van der Waals surface area contributed by atoms with Gasteiger partial charge in [0, 0.05) is 5.56 Å². The number of para-hydroxylation sites is 1. The van der Waals surface area contributed by atoms with Crippen LogP contribution in [0.3, 0.4) is 0 Å². The number of fused-ring (bicyclic) bond motifs is 1. The molecule has 7 nitrogen and oxygen atoms in total. The summed E-state index contributed by atoms with van der Waals surface area (Å²) >= 11 is 0. The van der Waals surface area contributed by atoms with Crippen LogP contribution in [0.25, 0.3) is 22.3 Å². The van der Waals surface area contributed by atoms with Crippen LogP contribution < -0.4 is 4.74 Å². The van der Waals surface area contributed by atoms with Gasteiger partial charge in [-0.25, -0.2) is 9.97 Å². The minimum absolute atomic E-state index is 0.203. The summed E-state index contributed by atoms with van der Waals surface area (Å²) in [7, 11) is 0. The van der Waals surface area contributed by atoms with E-state index >= 15 is 0 Å². The summed E-state index contributed by atoms with van der Waals surface area (Å²) in [4.78, 5) is 13.2. The molecule has 0 amide bonds. The zero-order valence-electron chi connectivity index (χ0n) is 13.5. The van der Waals surface area contributed by atoms with Gasteiger partial charge in [0.2, 0.25) is 5.88 Å². The average Bonchev–Trinajstić information content (AvgIpc) is 3.09. The van der Waals surface area contributed by atoms with Crippen LogP contribution >= 0.6 is 0 Å². The number of aromatic amines is 1. The van der Waals surface area contributed by atoms with Crippen molar-refractivity contribution >= 4 is 10.9 Å². The molecule has 0 spiro atoms. The number of ether oxygens (including phenoxy) is 1. The van der Waals surface area contributed by atoms with Crippen LogP contribution in [0.5, 0.6) is 11.6 Å². The monoisotopic (exact) mass is 333 g/mol. The first kappa shape index (κ1) is 15.1. The van der Waals surface area contributed by atoms with Crippen molar-refractivity contribution in [3.63, 3.8) is 0 Å². The van der Waals surface area contributed by atoms with Crippen LogP contribution in [-0.2, 0) is 6.61 Å². The molecule has 0 radical (unpaired) electrons. The third kappa shape index (κ3) is 3.12. The van der Waals surface area contributed by atoms with E-state index in [2.05, 4.69) is 25.1 Å². The Morgan fingerprint density at radius 2 is 1.80 bits per heavy atom. The number of phenols is 1. The molecule has 0 aliphatic heterocycles. The summed E-state index contributed by atoms with van der Waals surface area (Å²) in [5.74, 6) is 2.50. The van der Waals surface area contributed by atoms with Gasteiger partial charge in [-0.1, -0.05) is 12.1 Å². The van der Waals surface area contributed by atoms with E-state index in [0.29, 0.717) is 23.4 Å². The lowest BCUT2D eigenvalue weighted by atomic mass is 10.2. The Hall–Kier alpha value is -3.48. The second kappa shape index (κ2) is 6.20. The molecule has 4 rings (SSSR count). The quantitative estimate of drug-likeness (QED) is 0.596. The molecule has 4 aromatic rings. The summed E-state index contributed by atoms with van der Waals surface area (Å²) in [6.45, 7) is 2.04. The Balaban J connectivity index is 1.55. The largest absolute Gasteiger partial charge is 0.508 e. The van der Waals surface area contributed by atoms with Gasteiger partial charge >= 0.3 is 0 Å². The number of phenolic OH excluding ortho intramolecular Hbond substituents is 1. The Morgan fingerprint density at radius 1 is 1.00 bits per heavy atom. The maximum absolute atomic E-state index is 9.35. The van der Waals surface area contributed by atoms with Crippen molar-refractivity contribution < 1.29 is 9.84 Å². The Kier molecular flexibility index (Phi) is 3.74. The molecule has 0 bridgehead atoms. The predicted octanol–water partition coefficient (Wildman–Crippen LogP) is 3.01. The van der Waals surface area contributed by atoms with E-state index < -0.39 is 0 Å². The van der Waals surface area contributed by atoms with Crippen molar-refractivity contribution in [3.8, 4) is 23.0 Å². The lowest BCUT2D eigenvalue weighted by Crippen LogP contribution is -2.02. The summed E-state index contributed by atoms with van der Waals surface area (Å²) in [5.41, 5.74) is 1.65. The van der Waals surface area contributed by atoms with Crippen molar-refractivity contribution in [1.29, 1.82) is 0 Å². The number of nitrogens with one attached hydrogen (secondary N) is 1. The predicted molar refractivity (Wildman–Crippen MR) is 92.1 cm³/mol. The topological polar surface area (TPSA) is 96.8 Å². The third-order valence-electron chi connectivity index (χ3n) is 3.68. The van der Waals surface area contributed by atoms with E-state index in [9.17, 15) is 5.11 Å². The lowest BCUT2D eigenvalue weighted by Gasteiger charge is -2.07. The molecule has 0 unspecified atom stereocenters. The summed E-state index contributed by atoms with van der Waals surface area (Å²) in [6, 6.07) is 14.4. The highest BCUT2D eigenvalue weighted by molar-refractivity contribution is 5.83. The van der Waals surface area contributed by atoms with Crippen LogP contribution in [0.1, 0.15) is 11.6 Å². The van der Waals surface area contributed by atoms with E-state index in [1.807, 2.05) is 31.2 Å². The first-order valence-corrected chi connectivity index (χ1v) is 7.76. The molecular formula is C18H15N5O2. The number of benzene rings is 2. The molecule has 0 saturated carbocycles. The molecular weight excluding hydrogens is 318 g/mol. The van der Waals surface area contributed by atoms with Gasteiger partial charge in [-0.3, -0.25) is 5.10 Å². The van der Waals surface area contributed by atoms with Crippen molar-refractivity contribution in [2.45, 2.75) is 13.5 Å². The van der Waals surface area contributed by atoms with E-state index in [1.165, 1.54) is 0 Å². The van der Waals surface area contributed by atoms with E-state index in [-0.39, 0.29) is 12.4 Å². The number of rotatable bonds is 4. The van der Waals surface area contributed by atoms with Crippen LogP contribution in [0.15, 0.2) is 48.5 Å². The maximum Gasteiger partial charge on any atom is 0.225 e. The normalized spacial score (nSPS) is 10.9. The van der Waals surface area contributed by atoms with Gasteiger partial charge in [-0.05, 0) is 43.3 Å². The fraction of sp³-hybridized carbons (Fsp3) is 0.111. The van der Waals surface area contributed by atoms with Crippen molar-refractivity contribution in [3.05, 3.63) is 60.2 Å². The van der Waals surface area contributed by atoms with E-state index in [0.717, 1.165) is 16.5 Å². The molecule has 0 fully saturated rings. The number of hydrogen-bond donors (Lipinski definition) is 2. The highest BCUT2D eigenvalue weighted by Gasteiger charge is 2.10. The van der Waals surface area contributed by atoms with Crippen LogP contribution in [0, 0.1) is 6.92 Å². The molecule has 0 aliphatic carbocycles. The molecule has 2 aromatic heterocycles. The summed E-state index contributed by atoms with van der Waals surface area (Å²) in [6.07, 6.45) is 0. The highest BCUT2D eigenvalue weighted by atomic mass is 16.5. The standard InChI is InChI=1S/C18H15N5O2/c1-11-19-15-5-3-2-4-14(15)18(20-11)25-10-16-21-17(23-22-16)12-6-8-13(24)9-7-12/h2-9,24H,10H2,1H3,(H,21,22,23). The van der Waals surface area contributed by atoms with Crippen LogP contribution in [-0.4, -0.2) is 30.3 Å². The SMILES string of the molecule is Cc1nc(OCc2nc(-c3ccc(O)cc3)n[nH]2)c2ccccc2n1. The lowest BCUT2D eigenvalue weighted by molar-refractivity contribution is 0.287. The summed E-state index contributed by atoms with van der Waals surface area (Å²) in [5, 5.41) is 17.2. The number of aryl methyl sites for hydroxylation is 1. The maximum atomic E-state index is 9.35. The van der Waals surface area contributed by atoms with Crippen molar-refractivity contribution in [1.82, 2.24) is 25.1 Å². The molecule has 7 heteroatoms. The van der Waals surface area contributed by atoms with Crippen molar-refractivity contribution in [2.75, 3.05) is 0 Å². The molecule has 0 atom stereocenters. The van der Waals surface area contributed by atoms with Crippen LogP contribution in [0.2, 0.25) is 0 Å². The van der Waals surface area contributed by atoms with Crippen molar-refractivity contribution in [2.24, 2.45) is 0 Å². The van der Waals surface area contributed by atoms with Gasteiger partial charge in [-0.15, -0.1) is 0 Å². The van der Waals surface area contributed by atoms with Gasteiger partial charge in [0.1, 0.15) is 18.2 Å². The van der Waals surface area contributed by atoms with Gasteiger partial charge in [-0.2, -0.15) is 10.1 Å². The zero-order chi connectivity index (χ0) is 17.2. The number of nitrogens with zero attached hydrogens (tertiary/aromatic N) is 4. The zero-order valence-corrected chi connectivity index (χ0v) is 13.5. The summed E-state index contributed by atoms with van der Waals surface area (Å²) < 4.78 is 5.83. The fourth-order valence-corrected chi connectivity index (χ4v) is 2.50. The Morgan fingerprint density at radius 3 is 2.64 bits per heavy atom. The van der Waals surface area contributed by atoms with E-state index in [4.69, 9.17) is 4.74 Å². The Bertz CT molecular complexity index is 1030. The molecule has 25 heavy (non-hydrogen) atoms. The van der Waals surface area contributed by atoms with Gasteiger partial charge in [0.05, 0.1) is 10.9 Å². The first-order valence-electron chi connectivity index (χ1n) is 7.76. The number of aromatic hydroxyl groups is 1. The average molecular weight is 333 g/mol. The minimum atomic E-state index is 0.203. The third-order valence-corrected chi connectivity index (χ3v) is 3.68. The van der Waals surface area contributed by atoms with Gasteiger partial charge in [0.15, 0.2) is 11.6 Å². The molecule has 0 saturated heterocycles. The van der Waals surface area contributed by atoms with Crippen LogP contribution in [0.4, 0.5) is 0 Å². The molecule has 2 heterocycles. The highest BCUT2D eigenvalue weighted by Crippen LogP contribution is 2.23.